The Morgan fingerprint density at radius 1 is 1.55 bits per heavy atom. The van der Waals surface area contributed by atoms with Gasteiger partial charge in [0.25, 0.3) is 0 Å². The van der Waals surface area contributed by atoms with Crippen LogP contribution in [0.5, 0.6) is 0 Å². The lowest BCUT2D eigenvalue weighted by molar-refractivity contribution is -0.161. The molecule has 0 unspecified atom stereocenters. The number of methoxy groups -OCH3 is 1. The van der Waals surface area contributed by atoms with Gasteiger partial charge in [-0.25, -0.2) is 0 Å². The Balaban J connectivity index is 1.95. The molecule has 4 nitrogen and oxygen atoms in total. The number of hydrogen-bond donors (Lipinski definition) is 2. The van der Waals surface area contributed by atoms with Gasteiger partial charge in [-0.15, -0.1) is 0 Å². The van der Waals surface area contributed by atoms with Gasteiger partial charge in [-0.3, -0.25) is 0 Å². The molecule has 2 fully saturated rings. The second-order valence-corrected chi connectivity index (χ2v) is 3.12. The second-order valence-electron chi connectivity index (χ2n) is 3.12. The number of aliphatic hydroxyl groups is 2. The van der Waals surface area contributed by atoms with Crippen molar-refractivity contribution in [2.45, 2.75) is 18.5 Å². The Morgan fingerprint density at radius 3 is 2.64 bits per heavy atom. The van der Waals surface area contributed by atoms with Gasteiger partial charge in [0.1, 0.15) is 6.10 Å². The topological polar surface area (TPSA) is 58.9 Å². The minimum Gasteiger partial charge on any atom is -0.396 e. The van der Waals surface area contributed by atoms with Crippen molar-refractivity contribution < 1.29 is 19.7 Å². The lowest BCUT2D eigenvalue weighted by atomic mass is 10.2. The summed E-state index contributed by atoms with van der Waals surface area (Å²) in [7, 11) is 1.51. The molecule has 1 aliphatic heterocycles. The first-order valence-corrected chi connectivity index (χ1v) is 3.76. The maximum absolute atomic E-state index is 9.44. The van der Waals surface area contributed by atoms with Crippen LogP contribution in [0.2, 0.25) is 0 Å². The van der Waals surface area contributed by atoms with Crippen LogP contribution in [0.25, 0.3) is 0 Å². The van der Waals surface area contributed by atoms with Gasteiger partial charge in [-0.05, 0) is 0 Å². The highest BCUT2D eigenvalue weighted by Crippen LogP contribution is 2.51. The van der Waals surface area contributed by atoms with Crippen molar-refractivity contribution in [3.63, 3.8) is 0 Å². The summed E-state index contributed by atoms with van der Waals surface area (Å²) in [6.45, 7) is 0.100. The molecule has 5 atom stereocenters. The Kier molecular flexibility index (Phi) is 1.64. The highest BCUT2D eigenvalue weighted by Gasteiger charge is 2.63. The van der Waals surface area contributed by atoms with Gasteiger partial charge in [0.2, 0.25) is 0 Å². The summed E-state index contributed by atoms with van der Waals surface area (Å²) in [5, 5.41) is 18.2. The van der Waals surface area contributed by atoms with Crippen LogP contribution in [0.3, 0.4) is 0 Å². The third-order valence-corrected chi connectivity index (χ3v) is 2.56. The summed E-state index contributed by atoms with van der Waals surface area (Å²) in [5.74, 6) is 0.237. The van der Waals surface area contributed by atoms with E-state index in [1.807, 2.05) is 0 Å². The molecular weight excluding hydrogens is 148 g/mol. The highest BCUT2D eigenvalue weighted by atomic mass is 16.7. The minimum atomic E-state index is -0.554. The Morgan fingerprint density at radius 2 is 2.27 bits per heavy atom. The third-order valence-electron chi connectivity index (χ3n) is 2.56. The van der Waals surface area contributed by atoms with E-state index in [1.165, 1.54) is 7.11 Å². The average Bonchev–Trinajstić information content (AvgIpc) is 2.63. The minimum absolute atomic E-state index is 0.0277. The second kappa shape index (κ2) is 2.42. The normalized spacial score (nSPS) is 54.3. The standard InChI is InChI=1S/C7H12O4/c1-10-7-5(9)4-3(2-8)6(4)11-7/h3-9H,2H2,1H3/t3-,4-,5-,6-,7-/m1/s1. The van der Waals surface area contributed by atoms with Crippen LogP contribution in [0.15, 0.2) is 0 Å². The number of rotatable bonds is 2. The van der Waals surface area contributed by atoms with Gasteiger partial charge < -0.3 is 19.7 Å². The third kappa shape index (κ3) is 0.906. The zero-order valence-corrected chi connectivity index (χ0v) is 6.30. The molecule has 1 aliphatic carbocycles. The summed E-state index contributed by atoms with van der Waals surface area (Å²) < 4.78 is 10.1. The van der Waals surface area contributed by atoms with E-state index in [0.29, 0.717) is 0 Å². The first kappa shape index (κ1) is 7.49. The summed E-state index contributed by atoms with van der Waals surface area (Å²) in [4.78, 5) is 0. The van der Waals surface area contributed by atoms with Crippen molar-refractivity contribution >= 4 is 0 Å². The fraction of sp³-hybridized carbons (Fsp3) is 1.00. The Hall–Kier alpha value is -0.160. The fourth-order valence-corrected chi connectivity index (χ4v) is 1.84. The van der Waals surface area contributed by atoms with Crippen molar-refractivity contribution in [1.82, 2.24) is 0 Å². The number of ether oxygens (including phenoxy) is 2. The number of aliphatic hydroxyl groups excluding tert-OH is 2. The molecule has 11 heavy (non-hydrogen) atoms. The predicted octanol–water partition coefficient (Wildman–Crippen LogP) is -1.04. The highest BCUT2D eigenvalue weighted by molar-refractivity contribution is 5.07. The molecule has 0 spiro atoms. The molecule has 2 rings (SSSR count). The van der Waals surface area contributed by atoms with Crippen molar-refractivity contribution in [3.8, 4) is 0 Å². The molecule has 1 saturated heterocycles. The lowest BCUT2D eigenvalue weighted by Crippen LogP contribution is -2.29. The van der Waals surface area contributed by atoms with E-state index < -0.39 is 12.4 Å². The summed E-state index contributed by atoms with van der Waals surface area (Å²) in [6.07, 6.45) is -1.00. The average molecular weight is 160 g/mol. The molecule has 0 aromatic heterocycles. The van der Waals surface area contributed by atoms with Gasteiger partial charge in [-0.1, -0.05) is 0 Å². The van der Waals surface area contributed by atoms with Crippen LogP contribution >= 0.6 is 0 Å². The van der Waals surface area contributed by atoms with Crippen molar-refractivity contribution in [2.75, 3.05) is 13.7 Å². The Bertz CT molecular complexity index is 161. The van der Waals surface area contributed by atoms with Gasteiger partial charge in [0.15, 0.2) is 6.29 Å². The molecule has 2 aliphatic rings. The van der Waals surface area contributed by atoms with Crippen LogP contribution in [0, 0.1) is 11.8 Å². The van der Waals surface area contributed by atoms with E-state index >= 15 is 0 Å². The van der Waals surface area contributed by atoms with E-state index in [4.69, 9.17) is 14.6 Å². The van der Waals surface area contributed by atoms with Gasteiger partial charge in [-0.2, -0.15) is 0 Å². The maximum atomic E-state index is 9.44. The van der Waals surface area contributed by atoms with Crippen LogP contribution in [0.4, 0.5) is 0 Å². The zero-order valence-electron chi connectivity index (χ0n) is 6.30. The molecule has 0 bridgehead atoms. The predicted molar refractivity (Wildman–Crippen MR) is 35.7 cm³/mol. The van der Waals surface area contributed by atoms with E-state index in [0.717, 1.165) is 0 Å². The Labute approximate surface area is 64.7 Å². The molecular formula is C7H12O4. The SMILES string of the molecule is CO[C@@H]1O[C@@H]2[C@H](CO)[C@@H]2[C@H]1O. The van der Waals surface area contributed by atoms with E-state index in [9.17, 15) is 5.11 Å². The van der Waals surface area contributed by atoms with Gasteiger partial charge in [0.05, 0.1) is 6.10 Å². The largest absolute Gasteiger partial charge is 0.396 e. The molecule has 4 heteroatoms. The van der Waals surface area contributed by atoms with Crippen LogP contribution in [-0.4, -0.2) is 42.4 Å². The molecule has 0 aromatic rings. The van der Waals surface area contributed by atoms with Crippen LogP contribution < -0.4 is 0 Å². The van der Waals surface area contributed by atoms with E-state index in [1.54, 1.807) is 0 Å². The first-order valence-electron chi connectivity index (χ1n) is 3.76. The summed E-state index contributed by atoms with van der Waals surface area (Å²) >= 11 is 0. The monoisotopic (exact) mass is 160 g/mol. The van der Waals surface area contributed by atoms with Crippen molar-refractivity contribution in [3.05, 3.63) is 0 Å². The molecule has 0 amide bonds. The van der Waals surface area contributed by atoms with Gasteiger partial charge in [0, 0.05) is 25.6 Å². The van der Waals surface area contributed by atoms with Crippen molar-refractivity contribution in [1.29, 1.82) is 0 Å². The van der Waals surface area contributed by atoms with Crippen LogP contribution in [-0.2, 0) is 9.47 Å². The molecule has 1 heterocycles. The number of fused-ring (bicyclic) bond motifs is 1. The summed E-state index contributed by atoms with van der Waals surface area (Å²) in [5.41, 5.74) is 0. The van der Waals surface area contributed by atoms with E-state index in [2.05, 4.69) is 0 Å². The molecule has 64 valence electrons. The molecule has 0 aromatic carbocycles. The molecule has 0 radical (unpaired) electrons. The van der Waals surface area contributed by atoms with Crippen LogP contribution in [0.1, 0.15) is 0 Å². The smallest absolute Gasteiger partial charge is 0.183 e. The lowest BCUT2D eigenvalue weighted by Gasteiger charge is -2.16. The summed E-state index contributed by atoms with van der Waals surface area (Å²) in [6, 6.07) is 0. The molecule has 2 N–H and O–H groups in total. The zero-order chi connectivity index (χ0) is 8.01. The van der Waals surface area contributed by atoms with Gasteiger partial charge >= 0.3 is 0 Å². The quantitative estimate of drug-likeness (QED) is 0.541. The maximum Gasteiger partial charge on any atom is 0.183 e. The van der Waals surface area contributed by atoms with Crippen molar-refractivity contribution in [2.24, 2.45) is 11.8 Å². The molecule has 1 saturated carbocycles. The van der Waals surface area contributed by atoms with E-state index in [-0.39, 0.29) is 24.5 Å². The fourth-order valence-electron chi connectivity index (χ4n) is 1.84. The first-order chi connectivity index (χ1) is 5.29. The number of hydrogen-bond acceptors (Lipinski definition) is 4.